The van der Waals surface area contributed by atoms with Crippen LogP contribution in [-0.4, -0.2) is 32.5 Å². The topological polar surface area (TPSA) is 80.5 Å². The van der Waals surface area contributed by atoms with Crippen molar-refractivity contribution in [3.05, 3.63) is 65.2 Å². The lowest BCUT2D eigenvalue weighted by molar-refractivity contribution is 0.0742. The fourth-order valence-corrected chi connectivity index (χ4v) is 3.01. The number of carbonyl (C=O) groups excluding carboxylic acids is 1. The lowest BCUT2D eigenvalue weighted by atomic mass is 10.1. The van der Waals surface area contributed by atoms with E-state index < -0.39 is 9.84 Å². The Kier molecular flexibility index (Phi) is 7.17. The monoisotopic (exact) mass is 382 g/mol. The number of halogens is 1. The summed E-state index contributed by atoms with van der Waals surface area (Å²) in [4.78, 5) is 14.5. The highest BCUT2D eigenvalue weighted by atomic mass is 35.5. The van der Waals surface area contributed by atoms with Gasteiger partial charge in [-0.1, -0.05) is 24.3 Å². The quantitative estimate of drug-likeness (QED) is 0.862. The molecule has 2 N–H and O–H groups in total. The van der Waals surface area contributed by atoms with E-state index in [0.717, 1.165) is 11.1 Å². The summed E-state index contributed by atoms with van der Waals surface area (Å²) in [5.74, 6) is -0.0988. The molecule has 2 aromatic carbocycles. The Hall–Kier alpha value is -1.89. The highest BCUT2D eigenvalue weighted by molar-refractivity contribution is 7.90. The molecule has 2 aromatic rings. The molecule has 0 saturated heterocycles. The van der Waals surface area contributed by atoms with Crippen LogP contribution in [-0.2, 0) is 16.4 Å². The summed E-state index contributed by atoms with van der Waals surface area (Å²) >= 11 is 0. The maximum atomic E-state index is 12.6. The highest BCUT2D eigenvalue weighted by Crippen LogP contribution is 2.22. The molecular formula is C18H23ClN2O3S. The normalized spacial score (nSPS) is 12.2. The minimum absolute atomic E-state index is 0. The summed E-state index contributed by atoms with van der Waals surface area (Å²) in [6, 6.07) is 13.6. The zero-order valence-electron chi connectivity index (χ0n) is 14.5. The zero-order chi connectivity index (χ0) is 17.9. The van der Waals surface area contributed by atoms with Gasteiger partial charge in [0.1, 0.15) is 0 Å². The third-order valence-electron chi connectivity index (χ3n) is 4.13. The maximum Gasteiger partial charge on any atom is 0.254 e. The largest absolute Gasteiger partial charge is 0.335 e. The molecular weight excluding hydrogens is 360 g/mol. The van der Waals surface area contributed by atoms with Gasteiger partial charge in [-0.2, -0.15) is 0 Å². The number of nitrogens with zero attached hydrogens (tertiary/aromatic N) is 1. The second kappa shape index (κ2) is 8.47. The summed E-state index contributed by atoms with van der Waals surface area (Å²) in [5.41, 5.74) is 8.00. The third-order valence-corrected chi connectivity index (χ3v) is 5.26. The summed E-state index contributed by atoms with van der Waals surface area (Å²) in [6.07, 6.45) is 1.17. The van der Waals surface area contributed by atoms with Gasteiger partial charge >= 0.3 is 0 Å². The first-order valence-corrected chi connectivity index (χ1v) is 9.49. The van der Waals surface area contributed by atoms with E-state index in [1.807, 2.05) is 19.1 Å². The first kappa shape index (κ1) is 21.2. The fourth-order valence-electron chi connectivity index (χ4n) is 2.38. The van der Waals surface area contributed by atoms with Gasteiger partial charge in [0.05, 0.1) is 10.9 Å². The minimum atomic E-state index is -3.22. The third kappa shape index (κ3) is 5.04. The number of carbonyl (C=O) groups is 1. The second-order valence-electron chi connectivity index (χ2n) is 5.83. The van der Waals surface area contributed by atoms with Crippen molar-refractivity contribution in [2.45, 2.75) is 24.4 Å². The van der Waals surface area contributed by atoms with Gasteiger partial charge in [0, 0.05) is 25.4 Å². The van der Waals surface area contributed by atoms with Crippen molar-refractivity contribution in [1.29, 1.82) is 0 Å². The molecule has 0 spiro atoms. The van der Waals surface area contributed by atoms with Crippen LogP contribution in [0.15, 0.2) is 53.4 Å². The Labute approximate surface area is 155 Å². The molecule has 0 saturated carbocycles. The molecule has 1 atom stereocenters. The van der Waals surface area contributed by atoms with Crippen molar-refractivity contribution in [2.75, 3.05) is 13.3 Å². The molecule has 1 amide bonds. The van der Waals surface area contributed by atoms with Crippen molar-refractivity contribution in [3.8, 4) is 0 Å². The van der Waals surface area contributed by atoms with Gasteiger partial charge in [0.25, 0.3) is 5.91 Å². The molecule has 0 aromatic heterocycles. The molecule has 25 heavy (non-hydrogen) atoms. The average Bonchev–Trinajstić information content (AvgIpc) is 2.59. The van der Waals surface area contributed by atoms with Crippen molar-refractivity contribution >= 4 is 28.2 Å². The molecule has 0 bridgehead atoms. The van der Waals surface area contributed by atoms with Crippen LogP contribution in [0.2, 0.25) is 0 Å². The second-order valence-corrected chi connectivity index (χ2v) is 7.85. The van der Waals surface area contributed by atoms with Crippen LogP contribution < -0.4 is 5.73 Å². The molecule has 0 aliphatic rings. The Morgan fingerprint density at radius 1 is 1.08 bits per heavy atom. The lowest BCUT2D eigenvalue weighted by Gasteiger charge is -2.25. The van der Waals surface area contributed by atoms with Crippen LogP contribution in [0, 0.1) is 0 Å². The predicted octanol–water partition coefficient (Wildman–Crippen LogP) is 2.80. The molecule has 7 heteroatoms. The number of amides is 1. The van der Waals surface area contributed by atoms with Gasteiger partial charge < -0.3 is 10.6 Å². The molecule has 0 heterocycles. The molecule has 2 rings (SSSR count). The summed E-state index contributed by atoms with van der Waals surface area (Å²) in [5, 5.41) is 0. The highest BCUT2D eigenvalue weighted by Gasteiger charge is 2.19. The van der Waals surface area contributed by atoms with E-state index in [1.54, 1.807) is 48.3 Å². The minimum Gasteiger partial charge on any atom is -0.335 e. The standard InChI is InChI=1S/C18H22N2O3S.ClH/c1-13(15-8-10-17(11-9-15)24(3,22)23)20(2)18(21)16-6-4-14(12-19)5-7-16;/h4-11,13H,12,19H2,1-3H3;1H. The van der Waals surface area contributed by atoms with Crippen molar-refractivity contribution in [1.82, 2.24) is 4.90 Å². The van der Waals surface area contributed by atoms with E-state index in [2.05, 4.69) is 0 Å². The van der Waals surface area contributed by atoms with Crippen LogP contribution in [0.4, 0.5) is 0 Å². The molecule has 136 valence electrons. The van der Waals surface area contributed by atoms with Gasteiger partial charge in [-0.25, -0.2) is 8.42 Å². The summed E-state index contributed by atoms with van der Waals surface area (Å²) in [7, 11) is -1.49. The fraction of sp³-hybridized carbons (Fsp3) is 0.278. The first-order valence-electron chi connectivity index (χ1n) is 7.60. The number of rotatable bonds is 5. The smallest absolute Gasteiger partial charge is 0.254 e. The van der Waals surface area contributed by atoms with Crippen LogP contribution in [0.3, 0.4) is 0 Å². The van der Waals surface area contributed by atoms with Gasteiger partial charge in [0.2, 0.25) is 0 Å². The number of benzene rings is 2. The van der Waals surface area contributed by atoms with E-state index in [4.69, 9.17) is 5.73 Å². The zero-order valence-corrected chi connectivity index (χ0v) is 16.1. The van der Waals surface area contributed by atoms with Crippen LogP contribution >= 0.6 is 12.4 Å². The Morgan fingerprint density at radius 2 is 1.60 bits per heavy atom. The van der Waals surface area contributed by atoms with Gasteiger partial charge in [-0.3, -0.25) is 4.79 Å². The van der Waals surface area contributed by atoms with Crippen LogP contribution in [0.25, 0.3) is 0 Å². The summed E-state index contributed by atoms with van der Waals surface area (Å²) in [6.45, 7) is 2.34. The number of hydrogen-bond donors (Lipinski definition) is 1. The lowest BCUT2D eigenvalue weighted by Crippen LogP contribution is -2.29. The molecule has 0 fully saturated rings. The van der Waals surface area contributed by atoms with Crippen LogP contribution in [0.5, 0.6) is 0 Å². The van der Waals surface area contributed by atoms with E-state index in [1.165, 1.54) is 6.26 Å². The van der Waals surface area contributed by atoms with Gasteiger partial charge in [0.15, 0.2) is 9.84 Å². The van der Waals surface area contributed by atoms with Crippen molar-refractivity contribution in [3.63, 3.8) is 0 Å². The van der Waals surface area contributed by atoms with Crippen molar-refractivity contribution < 1.29 is 13.2 Å². The van der Waals surface area contributed by atoms with E-state index >= 15 is 0 Å². The van der Waals surface area contributed by atoms with Crippen molar-refractivity contribution in [2.24, 2.45) is 5.73 Å². The Morgan fingerprint density at radius 3 is 2.04 bits per heavy atom. The Balaban J connectivity index is 0.00000312. The average molecular weight is 383 g/mol. The maximum absolute atomic E-state index is 12.6. The van der Waals surface area contributed by atoms with Gasteiger partial charge in [-0.15, -0.1) is 12.4 Å². The summed E-state index contributed by atoms with van der Waals surface area (Å²) < 4.78 is 23.0. The Bertz CT molecular complexity index is 818. The number of sulfone groups is 1. The predicted molar refractivity (Wildman–Crippen MR) is 102 cm³/mol. The van der Waals surface area contributed by atoms with E-state index in [9.17, 15) is 13.2 Å². The molecule has 1 unspecified atom stereocenters. The van der Waals surface area contributed by atoms with Gasteiger partial charge in [-0.05, 0) is 42.3 Å². The molecule has 0 aliphatic carbocycles. The number of hydrogen-bond acceptors (Lipinski definition) is 4. The molecule has 5 nitrogen and oxygen atoms in total. The molecule has 0 aliphatic heterocycles. The van der Waals surface area contributed by atoms with E-state index in [-0.39, 0.29) is 29.3 Å². The number of nitrogens with two attached hydrogens (primary N) is 1. The SMILES string of the molecule is CC(c1ccc(S(C)(=O)=O)cc1)N(C)C(=O)c1ccc(CN)cc1.Cl. The van der Waals surface area contributed by atoms with Crippen LogP contribution in [0.1, 0.15) is 34.5 Å². The molecule has 0 radical (unpaired) electrons. The first-order chi connectivity index (χ1) is 11.2. The van der Waals surface area contributed by atoms with E-state index in [0.29, 0.717) is 12.1 Å².